The Hall–Kier alpha value is -1.43. The first-order valence-corrected chi connectivity index (χ1v) is 5.45. The van der Waals surface area contributed by atoms with E-state index >= 15 is 0 Å². The van der Waals surface area contributed by atoms with Crippen molar-refractivity contribution in [1.82, 2.24) is 4.90 Å². The molecule has 1 aromatic heterocycles. The molecule has 1 amide bonds. The molecule has 0 fully saturated rings. The molecular weight excluding hydrogens is 216 g/mol. The molecular formula is C9H12N2O3S. The number of carbonyl (C=O) groups excluding carboxylic acids is 1. The summed E-state index contributed by atoms with van der Waals surface area (Å²) in [6, 6.07) is 2.87. The Morgan fingerprint density at radius 1 is 1.47 bits per heavy atom. The molecule has 0 atom stereocenters. The summed E-state index contributed by atoms with van der Waals surface area (Å²) in [5, 5.41) is 10.4. The van der Waals surface area contributed by atoms with Gasteiger partial charge in [0.2, 0.25) is 0 Å². The summed E-state index contributed by atoms with van der Waals surface area (Å²) >= 11 is 0.918. The number of amides is 1. The quantitative estimate of drug-likeness (QED) is 0.585. The second-order valence-electron chi connectivity index (χ2n) is 2.87. The predicted octanol–water partition coefficient (Wildman–Crippen LogP) is 2.14. The summed E-state index contributed by atoms with van der Waals surface area (Å²) < 4.78 is 0. The molecule has 0 radical (unpaired) electrons. The van der Waals surface area contributed by atoms with Crippen LogP contribution >= 0.6 is 11.3 Å². The topological polar surface area (TPSA) is 63.5 Å². The van der Waals surface area contributed by atoms with Gasteiger partial charge in [0.1, 0.15) is 0 Å². The smallest absolute Gasteiger partial charge is 0.324 e. The number of carbonyl (C=O) groups is 1. The van der Waals surface area contributed by atoms with E-state index in [1.54, 1.807) is 4.90 Å². The van der Waals surface area contributed by atoms with Gasteiger partial charge in [0.25, 0.3) is 5.91 Å². The number of hydrogen-bond donors (Lipinski definition) is 0. The van der Waals surface area contributed by atoms with Gasteiger partial charge in [0.05, 0.1) is 9.80 Å². The molecule has 0 aromatic carbocycles. The van der Waals surface area contributed by atoms with E-state index in [1.807, 2.05) is 13.8 Å². The van der Waals surface area contributed by atoms with Crippen molar-refractivity contribution in [2.75, 3.05) is 13.1 Å². The maximum Gasteiger partial charge on any atom is 0.324 e. The first kappa shape index (κ1) is 11.6. The summed E-state index contributed by atoms with van der Waals surface area (Å²) in [4.78, 5) is 23.8. The first-order chi connectivity index (χ1) is 7.10. The fourth-order valence-corrected chi connectivity index (χ4v) is 2.00. The molecule has 6 heteroatoms. The lowest BCUT2D eigenvalue weighted by Gasteiger charge is -2.16. The highest BCUT2D eigenvalue weighted by Crippen LogP contribution is 2.24. The van der Waals surface area contributed by atoms with Crippen LogP contribution in [0.3, 0.4) is 0 Å². The zero-order valence-corrected chi connectivity index (χ0v) is 9.41. The Morgan fingerprint density at radius 2 is 2.07 bits per heavy atom. The normalized spacial score (nSPS) is 10.0. The summed E-state index contributed by atoms with van der Waals surface area (Å²) in [6.45, 7) is 4.98. The van der Waals surface area contributed by atoms with Crippen LogP contribution in [0.2, 0.25) is 0 Å². The molecule has 0 saturated carbocycles. The van der Waals surface area contributed by atoms with Crippen LogP contribution in [0.5, 0.6) is 0 Å². The molecule has 0 spiro atoms. The van der Waals surface area contributed by atoms with Gasteiger partial charge < -0.3 is 4.90 Å². The molecule has 15 heavy (non-hydrogen) atoms. The Bertz CT molecular complexity index is 371. The monoisotopic (exact) mass is 228 g/mol. The Morgan fingerprint density at radius 3 is 2.47 bits per heavy atom. The fraction of sp³-hybridized carbons (Fsp3) is 0.444. The lowest BCUT2D eigenvalue weighted by molar-refractivity contribution is -0.380. The van der Waals surface area contributed by atoms with E-state index in [9.17, 15) is 14.9 Å². The summed E-state index contributed by atoms with van der Waals surface area (Å²) in [5.74, 6) is -0.141. The van der Waals surface area contributed by atoms with Crippen molar-refractivity contribution in [3.63, 3.8) is 0 Å². The van der Waals surface area contributed by atoms with Crippen molar-refractivity contribution in [3.8, 4) is 0 Å². The first-order valence-electron chi connectivity index (χ1n) is 4.63. The molecule has 5 nitrogen and oxygen atoms in total. The molecule has 0 aliphatic heterocycles. The van der Waals surface area contributed by atoms with Crippen molar-refractivity contribution in [2.24, 2.45) is 0 Å². The molecule has 82 valence electrons. The molecule has 0 aliphatic rings. The van der Waals surface area contributed by atoms with Gasteiger partial charge in [0.15, 0.2) is 0 Å². The van der Waals surface area contributed by atoms with Crippen molar-refractivity contribution < 1.29 is 9.72 Å². The second-order valence-corrected chi connectivity index (χ2v) is 3.93. The number of nitrogens with zero attached hydrogens (tertiary/aromatic N) is 2. The summed E-state index contributed by atoms with van der Waals surface area (Å²) in [7, 11) is 0. The third-order valence-electron chi connectivity index (χ3n) is 2.03. The summed E-state index contributed by atoms with van der Waals surface area (Å²) in [6.07, 6.45) is 0. The number of rotatable bonds is 4. The van der Waals surface area contributed by atoms with Gasteiger partial charge in [-0.3, -0.25) is 14.9 Å². The molecule has 0 N–H and O–H groups in total. The van der Waals surface area contributed by atoms with E-state index in [0.29, 0.717) is 18.0 Å². The van der Waals surface area contributed by atoms with E-state index in [-0.39, 0.29) is 10.9 Å². The maximum absolute atomic E-state index is 11.8. The number of hydrogen-bond acceptors (Lipinski definition) is 4. The van der Waals surface area contributed by atoms with Crippen LogP contribution in [0, 0.1) is 10.1 Å². The van der Waals surface area contributed by atoms with Crippen LogP contribution in [-0.4, -0.2) is 28.8 Å². The van der Waals surface area contributed by atoms with E-state index < -0.39 is 4.92 Å². The van der Waals surface area contributed by atoms with E-state index in [2.05, 4.69) is 0 Å². The number of thiophene rings is 1. The zero-order valence-electron chi connectivity index (χ0n) is 8.60. The minimum Gasteiger partial charge on any atom is -0.339 e. The predicted molar refractivity (Wildman–Crippen MR) is 58.2 cm³/mol. The average molecular weight is 228 g/mol. The van der Waals surface area contributed by atoms with Gasteiger partial charge in [-0.1, -0.05) is 11.3 Å². The highest BCUT2D eigenvalue weighted by atomic mass is 32.1. The highest BCUT2D eigenvalue weighted by Gasteiger charge is 2.18. The standard InChI is InChI=1S/C9H12N2O3S/c1-3-10(4-2)9(12)7-5-6-8(15-7)11(13)14/h5-6H,3-4H2,1-2H3. The second kappa shape index (κ2) is 4.88. The lowest BCUT2D eigenvalue weighted by Crippen LogP contribution is -2.29. The van der Waals surface area contributed by atoms with Crippen molar-refractivity contribution in [1.29, 1.82) is 0 Å². The van der Waals surface area contributed by atoms with Crippen LogP contribution in [-0.2, 0) is 0 Å². The van der Waals surface area contributed by atoms with E-state index in [4.69, 9.17) is 0 Å². The lowest BCUT2D eigenvalue weighted by atomic mass is 10.4. The Kier molecular flexibility index (Phi) is 3.79. The van der Waals surface area contributed by atoms with Gasteiger partial charge in [-0.15, -0.1) is 0 Å². The van der Waals surface area contributed by atoms with Crippen LogP contribution in [0.1, 0.15) is 23.5 Å². The number of nitro groups is 1. The van der Waals surface area contributed by atoms with Gasteiger partial charge in [0, 0.05) is 19.2 Å². The molecule has 0 bridgehead atoms. The fourth-order valence-electron chi connectivity index (χ4n) is 1.21. The van der Waals surface area contributed by atoms with Crippen LogP contribution in [0.15, 0.2) is 12.1 Å². The van der Waals surface area contributed by atoms with Gasteiger partial charge in [-0.2, -0.15) is 0 Å². The van der Waals surface area contributed by atoms with Crippen molar-refractivity contribution in [3.05, 3.63) is 27.1 Å². The van der Waals surface area contributed by atoms with E-state index in [0.717, 1.165) is 11.3 Å². The minimum absolute atomic E-state index is 0.00510. The van der Waals surface area contributed by atoms with Gasteiger partial charge in [-0.05, 0) is 19.9 Å². The molecule has 1 rings (SSSR count). The third-order valence-corrected chi connectivity index (χ3v) is 3.06. The highest BCUT2D eigenvalue weighted by molar-refractivity contribution is 7.17. The maximum atomic E-state index is 11.8. The molecule has 1 heterocycles. The SMILES string of the molecule is CCN(CC)C(=O)c1ccc([N+](=O)[O-])s1. The van der Waals surface area contributed by atoms with Gasteiger partial charge >= 0.3 is 5.00 Å². The molecule has 0 saturated heterocycles. The van der Waals surface area contributed by atoms with Crippen LogP contribution in [0.25, 0.3) is 0 Å². The molecule has 1 aromatic rings. The van der Waals surface area contributed by atoms with E-state index in [1.165, 1.54) is 12.1 Å². The summed E-state index contributed by atoms with van der Waals surface area (Å²) in [5.41, 5.74) is 0. The molecule has 0 unspecified atom stereocenters. The van der Waals surface area contributed by atoms with Crippen molar-refractivity contribution in [2.45, 2.75) is 13.8 Å². The average Bonchev–Trinajstić information content (AvgIpc) is 2.68. The Balaban J connectivity index is 2.86. The van der Waals surface area contributed by atoms with Crippen LogP contribution in [0.4, 0.5) is 5.00 Å². The van der Waals surface area contributed by atoms with Gasteiger partial charge in [-0.25, -0.2) is 0 Å². The Labute approximate surface area is 91.5 Å². The molecule has 0 aliphatic carbocycles. The van der Waals surface area contributed by atoms with Crippen LogP contribution < -0.4 is 0 Å². The van der Waals surface area contributed by atoms with Crippen molar-refractivity contribution >= 4 is 22.2 Å². The third kappa shape index (κ3) is 2.53. The minimum atomic E-state index is -0.482. The zero-order chi connectivity index (χ0) is 11.4. The largest absolute Gasteiger partial charge is 0.339 e.